The van der Waals surface area contributed by atoms with Gasteiger partial charge in [0.15, 0.2) is 0 Å². The van der Waals surface area contributed by atoms with Crippen LogP contribution in [0.1, 0.15) is 60.4 Å². The number of hydrazine groups is 1. The number of halogens is 3. The van der Waals surface area contributed by atoms with E-state index in [4.69, 9.17) is 5.26 Å². The molecule has 0 aromatic heterocycles. The Morgan fingerprint density at radius 1 is 0.975 bits per heavy atom. The molecule has 1 unspecified atom stereocenters. The molecule has 0 spiro atoms. The topological polar surface area (TPSA) is 76.4 Å². The standard InChI is InChI=1S/C31H29F3N4O2/c32-24-6-3-4-22(18-24)19-29(39)38(36-25-11-8-21(20-35)9-12-25)30(40)37(26-14-16-31(33,34)17-15-26)28-13-10-23-5-1-2-7-27(23)28/h1-9,11-12,18,26,28,36H,10,13-17,19H2. The SMILES string of the molecule is N#Cc1ccc(NN(C(=O)Cc2cccc(F)c2)C(=O)N(C2CCC(F)(F)CC2)C2CCc3ccccc32)cc1. The molecule has 2 aliphatic rings. The highest BCUT2D eigenvalue weighted by Gasteiger charge is 2.44. The first-order valence-electron chi connectivity index (χ1n) is 13.4. The molecule has 5 rings (SSSR count). The minimum Gasteiger partial charge on any atom is -0.313 e. The van der Waals surface area contributed by atoms with Crippen LogP contribution in [0.3, 0.4) is 0 Å². The monoisotopic (exact) mass is 546 g/mol. The van der Waals surface area contributed by atoms with E-state index in [0.717, 1.165) is 22.6 Å². The minimum atomic E-state index is -2.79. The molecule has 9 heteroatoms. The molecular weight excluding hydrogens is 517 g/mol. The van der Waals surface area contributed by atoms with Gasteiger partial charge in [-0.3, -0.25) is 10.2 Å². The Balaban J connectivity index is 1.51. The first kappa shape index (κ1) is 27.3. The normalized spacial score (nSPS) is 17.9. The number of carbonyl (C=O) groups excluding carboxylic acids is 2. The third-order valence-electron chi connectivity index (χ3n) is 7.68. The lowest BCUT2D eigenvalue weighted by Gasteiger charge is -2.42. The van der Waals surface area contributed by atoms with Crippen LogP contribution in [0, 0.1) is 17.1 Å². The van der Waals surface area contributed by atoms with Gasteiger partial charge in [-0.1, -0.05) is 36.4 Å². The second kappa shape index (κ2) is 11.4. The summed E-state index contributed by atoms with van der Waals surface area (Å²) in [6.45, 7) is 0. The van der Waals surface area contributed by atoms with Gasteiger partial charge in [0.05, 0.1) is 29.8 Å². The Labute approximate surface area is 231 Å². The number of aryl methyl sites for hydroxylation is 1. The number of urea groups is 1. The molecule has 2 aliphatic carbocycles. The average Bonchev–Trinajstić information content (AvgIpc) is 3.36. The van der Waals surface area contributed by atoms with E-state index in [2.05, 4.69) is 5.43 Å². The zero-order valence-electron chi connectivity index (χ0n) is 21.8. The molecule has 0 radical (unpaired) electrons. The van der Waals surface area contributed by atoms with Gasteiger partial charge in [0.25, 0.3) is 5.91 Å². The summed E-state index contributed by atoms with van der Waals surface area (Å²) >= 11 is 0. The first-order chi connectivity index (χ1) is 19.2. The van der Waals surface area contributed by atoms with Crippen molar-refractivity contribution < 1.29 is 22.8 Å². The third-order valence-corrected chi connectivity index (χ3v) is 7.68. The van der Waals surface area contributed by atoms with Crippen LogP contribution >= 0.6 is 0 Å². The van der Waals surface area contributed by atoms with Crippen LogP contribution in [0.25, 0.3) is 0 Å². The molecule has 0 aliphatic heterocycles. The van der Waals surface area contributed by atoms with Crippen LogP contribution in [-0.2, 0) is 17.6 Å². The zero-order chi connectivity index (χ0) is 28.3. The van der Waals surface area contributed by atoms with Crippen molar-refractivity contribution in [3.8, 4) is 6.07 Å². The molecule has 1 N–H and O–H groups in total. The molecule has 0 heterocycles. The molecule has 206 valence electrons. The summed E-state index contributed by atoms with van der Waals surface area (Å²) in [4.78, 5) is 29.6. The fraction of sp³-hybridized carbons (Fsp3) is 0.323. The maximum absolute atomic E-state index is 14.4. The highest BCUT2D eigenvalue weighted by atomic mass is 19.3. The third kappa shape index (κ3) is 5.96. The number of imide groups is 1. The van der Waals surface area contributed by atoms with E-state index < -0.39 is 29.7 Å². The lowest BCUT2D eigenvalue weighted by Crippen LogP contribution is -2.55. The summed E-state index contributed by atoms with van der Waals surface area (Å²) in [5.74, 6) is -3.92. The van der Waals surface area contributed by atoms with Crippen molar-refractivity contribution in [3.05, 3.63) is 101 Å². The lowest BCUT2D eigenvalue weighted by atomic mass is 9.89. The highest BCUT2D eigenvalue weighted by molar-refractivity contribution is 5.97. The fourth-order valence-corrected chi connectivity index (χ4v) is 5.65. The predicted molar refractivity (Wildman–Crippen MR) is 144 cm³/mol. The molecule has 1 saturated carbocycles. The largest absolute Gasteiger partial charge is 0.346 e. The number of alkyl halides is 2. The number of anilines is 1. The van der Waals surface area contributed by atoms with Crippen molar-refractivity contribution >= 4 is 17.6 Å². The Morgan fingerprint density at radius 3 is 2.40 bits per heavy atom. The smallest absolute Gasteiger partial charge is 0.313 e. The van der Waals surface area contributed by atoms with Gasteiger partial charge in [0, 0.05) is 18.9 Å². The molecule has 40 heavy (non-hydrogen) atoms. The van der Waals surface area contributed by atoms with Crippen LogP contribution in [0.4, 0.5) is 23.7 Å². The van der Waals surface area contributed by atoms with Gasteiger partial charge in [0.1, 0.15) is 5.82 Å². The summed E-state index contributed by atoms with van der Waals surface area (Å²) in [5.41, 5.74) is 6.11. The van der Waals surface area contributed by atoms with E-state index in [1.807, 2.05) is 30.3 Å². The highest BCUT2D eigenvalue weighted by Crippen LogP contribution is 2.42. The molecule has 1 atom stereocenters. The van der Waals surface area contributed by atoms with Crippen molar-refractivity contribution in [2.75, 3.05) is 5.43 Å². The number of nitrogens with zero attached hydrogens (tertiary/aromatic N) is 3. The second-order valence-corrected chi connectivity index (χ2v) is 10.4. The van der Waals surface area contributed by atoms with Crippen LogP contribution in [0.2, 0.25) is 0 Å². The van der Waals surface area contributed by atoms with E-state index in [-0.39, 0.29) is 38.1 Å². The number of fused-ring (bicyclic) bond motifs is 1. The molecule has 0 bridgehead atoms. The quantitative estimate of drug-likeness (QED) is 0.346. The van der Waals surface area contributed by atoms with E-state index >= 15 is 0 Å². The lowest BCUT2D eigenvalue weighted by molar-refractivity contribution is -0.127. The summed E-state index contributed by atoms with van der Waals surface area (Å²) in [7, 11) is 0. The number of nitriles is 1. The number of benzene rings is 3. The summed E-state index contributed by atoms with van der Waals surface area (Å²) < 4.78 is 42.1. The van der Waals surface area contributed by atoms with Gasteiger partial charge in [-0.25, -0.2) is 18.0 Å². The van der Waals surface area contributed by atoms with Crippen molar-refractivity contribution in [1.82, 2.24) is 9.91 Å². The number of hydrogen-bond acceptors (Lipinski definition) is 4. The van der Waals surface area contributed by atoms with E-state index in [1.165, 1.54) is 18.2 Å². The summed E-state index contributed by atoms with van der Waals surface area (Å²) in [6.07, 6.45) is 0.631. The van der Waals surface area contributed by atoms with Crippen LogP contribution in [0.5, 0.6) is 0 Å². The summed E-state index contributed by atoms with van der Waals surface area (Å²) in [5, 5.41) is 10.1. The number of nitrogens with one attached hydrogen (secondary N) is 1. The predicted octanol–water partition coefficient (Wildman–Crippen LogP) is 6.78. The Morgan fingerprint density at radius 2 is 1.70 bits per heavy atom. The first-order valence-corrected chi connectivity index (χ1v) is 13.4. The van der Waals surface area contributed by atoms with Crippen LogP contribution in [0.15, 0.2) is 72.8 Å². The van der Waals surface area contributed by atoms with Crippen molar-refractivity contribution in [3.63, 3.8) is 0 Å². The van der Waals surface area contributed by atoms with Crippen molar-refractivity contribution in [1.29, 1.82) is 5.26 Å². The van der Waals surface area contributed by atoms with Gasteiger partial charge in [-0.15, -0.1) is 0 Å². The Kier molecular flexibility index (Phi) is 7.78. The van der Waals surface area contributed by atoms with Crippen molar-refractivity contribution in [2.45, 2.75) is 63.0 Å². The van der Waals surface area contributed by atoms with Gasteiger partial charge >= 0.3 is 6.03 Å². The number of amides is 3. The van der Waals surface area contributed by atoms with E-state index in [0.29, 0.717) is 23.2 Å². The molecule has 6 nitrogen and oxygen atoms in total. The van der Waals surface area contributed by atoms with E-state index in [1.54, 1.807) is 35.2 Å². The van der Waals surface area contributed by atoms with Gasteiger partial charge < -0.3 is 4.90 Å². The van der Waals surface area contributed by atoms with Gasteiger partial charge in [0.2, 0.25) is 5.92 Å². The number of carbonyl (C=O) groups is 2. The molecule has 0 saturated heterocycles. The molecule has 3 aromatic rings. The van der Waals surface area contributed by atoms with Gasteiger partial charge in [-0.2, -0.15) is 10.3 Å². The maximum Gasteiger partial charge on any atom is 0.346 e. The summed E-state index contributed by atoms with van der Waals surface area (Å²) in [6, 6.07) is 20.1. The molecular formula is C31H29F3N4O2. The van der Waals surface area contributed by atoms with Gasteiger partial charge in [-0.05, 0) is 78.8 Å². The molecule has 3 amide bonds. The van der Waals surface area contributed by atoms with Crippen molar-refractivity contribution in [2.24, 2.45) is 0 Å². The fourth-order valence-electron chi connectivity index (χ4n) is 5.65. The number of rotatable bonds is 6. The Bertz CT molecular complexity index is 1430. The average molecular weight is 547 g/mol. The molecule has 1 fully saturated rings. The number of hydrogen-bond donors (Lipinski definition) is 1. The van der Waals surface area contributed by atoms with Crippen LogP contribution < -0.4 is 5.43 Å². The zero-order valence-corrected chi connectivity index (χ0v) is 21.8. The Hall–Kier alpha value is -4.32. The minimum absolute atomic E-state index is 0.111. The van der Waals surface area contributed by atoms with Crippen LogP contribution in [-0.4, -0.2) is 33.8 Å². The second-order valence-electron chi connectivity index (χ2n) is 10.4. The maximum atomic E-state index is 14.4. The molecule has 3 aromatic carbocycles. The van der Waals surface area contributed by atoms with E-state index in [9.17, 15) is 22.8 Å².